The highest BCUT2D eigenvalue weighted by molar-refractivity contribution is 7.80. The minimum atomic E-state index is 0.0111. The third-order valence-electron chi connectivity index (χ3n) is 3.65. The number of amides is 1. The number of hydrogen-bond donors (Lipinski definition) is 2. The molecule has 1 N–H and O–H groups in total. The Kier molecular flexibility index (Phi) is 8.22. The summed E-state index contributed by atoms with van der Waals surface area (Å²) >= 11 is 4.07. The molecule has 0 aliphatic carbocycles. The summed E-state index contributed by atoms with van der Waals surface area (Å²) < 4.78 is 5.54. The summed E-state index contributed by atoms with van der Waals surface area (Å²) in [6.07, 6.45) is 1.28. The molecule has 0 aromatic heterocycles. The second kappa shape index (κ2) is 10.7. The van der Waals surface area contributed by atoms with Gasteiger partial charge in [0.25, 0.3) is 0 Å². The summed E-state index contributed by atoms with van der Waals surface area (Å²) in [6.45, 7) is 1.40. The van der Waals surface area contributed by atoms with E-state index in [1.54, 1.807) is 0 Å². The third kappa shape index (κ3) is 6.72. The monoisotopic (exact) mass is 357 g/mol. The van der Waals surface area contributed by atoms with Crippen molar-refractivity contribution in [2.24, 2.45) is 0 Å². The van der Waals surface area contributed by atoms with Crippen LogP contribution in [0.1, 0.15) is 34.3 Å². The number of ether oxygens (including phenoxy) is 1. The molecule has 2 rings (SSSR count). The van der Waals surface area contributed by atoms with Gasteiger partial charge in [0.05, 0.1) is 13.2 Å². The molecular formula is C20H23NO3S. The van der Waals surface area contributed by atoms with Crippen molar-refractivity contribution >= 4 is 24.3 Å². The number of carbonyl (C=O) groups is 2. The molecule has 0 aliphatic heterocycles. The Bertz CT molecular complexity index is 671. The fourth-order valence-electron chi connectivity index (χ4n) is 2.29. The Balaban J connectivity index is 1.72. The molecule has 0 saturated carbocycles. The van der Waals surface area contributed by atoms with E-state index in [0.29, 0.717) is 43.1 Å². The van der Waals surface area contributed by atoms with Crippen LogP contribution < -0.4 is 5.32 Å². The predicted octanol–water partition coefficient (Wildman–Crippen LogP) is 3.26. The second-order valence-corrected chi connectivity index (χ2v) is 6.07. The molecule has 0 atom stereocenters. The Labute approximate surface area is 154 Å². The van der Waals surface area contributed by atoms with Gasteiger partial charge in [-0.05, 0) is 17.7 Å². The first-order valence-corrected chi connectivity index (χ1v) is 8.98. The molecule has 5 heteroatoms. The van der Waals surface area contributed by atoms with Crippen LogP contribution in [-0.4, -0.2) is 30.6 Å². The van der Waals surface area contributed by atoms with Crippen LogP contribution in [0.25, 0.3) is 0 Å². The molecule has 0 saturated heterocycles. The molecule has 0 spiro atoms. The van der Waals surface area contributed by atoms with Gasteiger partial charge in [0, 0.05) is 24.1 Å². The fraction of sp³-hybridized carbons (Fsp3) is 0.300. The molecule has 1 amide bonds. The lowest BCUT2D eigenvalue weighted by Crippen LogP contribution is -2.26. The van der Waals surface area contributed by atoms with Crippen molar-refractivity contribution in [3.8, 4) is 0 Å². The van der Waals surface area contributed by atoms with Gasteiger partial charge in [-0.2, -0.15) is 12.6 Å². The molecule has 4 nitrogen and oxygen atoms in total. The SMILES string of the molecule is O=C(CCCS)NCCOCc1ccc(C(=O)c2ccccc2)cc1. The summed E-state index contributed by atoms with van der Waals surface area (Å²) in [5.41, 5.74) is 2.33. The predicted molar refractivity (Wildman–Crippen MR) is 102 cm³/mol. The Morgan fingerprint density at radius 1 is 0.960 bits per heavy atom. The van der Waals surface area contributed by atoms with Crippen LogP contribution in [0, 0.1) is 0 Å². The van der Waals surface area contributed by atoms with Crippen molar-refractivity contribution in [2.45, 2.75) is 19.4 Å². The van der Waals surface area contributed by atoms with E-state index < -0.39 is 0 Å². The maximum atomic E-state index is 12.3. The molecule has 0 radical (unpaired) electrons. The topological polar surface area (TPSA) is 55.4 Å². The van der Waals surface area contributed by atoms with Gasteiger partial charge >= 0.3 is 0 Å². The first-order chi connectivity index (χ1) is 12.2. The smallest absolute Gasteiger partial charge is 0.220 e. The lowest BCUT2D eigenvalue weighted by atomic mass is 10.0. The van der Waals surface area contributed by atoms with Crippen molar-refractivity contribution in [2.75, 3.05) is 18.9 Å². The van der Waals surface area contributed by atoms with Crippen LogP contribution >= 0.6 is 12.6 Å². The lowest BCUT2D eigenvalue weighted by Gasteiger charge is -2.07. The van der Waals surface area contributed by atoms with E-state index in [2.05, 4.69) is 17.9 Å². The van der Waals surface area contributed by atoms with Gasteiger partial charge in [-0.15, -0.1) is 0 Å². The number of carbonyl (C=O) groups excluding carboxylic acids is 2. The van der Waals surface area contributed by atoms with Gasteiger partial charge in [-0.3, -0.25) is 9.59 Å². The second-order valence-electron chi connectivity index (χ2n) is 5.62. The number of thiol groups is 1. The molecule has 2 aromatic rings. The van der Waals surface area contributed by atoms with Crippen LogP contribution in [0.4, 0.5) is 0 Å². The fourth-order valence-corrected chi connectivity index (χ4v) is 2.45. The van der Waals surface area contributed by atoms with Gasteiger partial charge < -0.3 is 10.1 Å². The summed E-state index contributed by atoms with van der Waals surface area (Å²) in [5.74, 6) is 0.755. The van der Waals surface area contributed by atoms with Crippen LogP contribution in [0.3, 0.4) is 0 Å². The zero-order valence-corrected chi connectivity index (χ0v) is 15.0. The zero-order chi connectivity index (χ0) is 17.9. The van der Waals surface area contributed by atoms with Crippen molar-refractivity contribution in [3.63, 3.8) is 0 Å². The molecule has 132 valence electrons. The van der Waals surface area contributed by atoms with Crippen molar-refractivity contribution in [1.82, 2.24) is 5.32 Å². The average Bonchev–Trinajstić information content (AvgIpc) is 2.66. The zero-order valence-electron chi connectivity index (χ0n) is 14.1. The number of rotatable bonds is 10. The Morgan fingerprint density at radius 3 is 2.32 bits per heavy atom. The number of hydrogen-bond acceptors (Lipinski definition) is 4. The summed E-state index contributed by atoms with van der Waals surface area (Å²) in [6, 6.07) is 16.6. The normalized spacial score (nSPS) is 10.4. The number of benzene rings is 2. The van der Waals surface area contributed by atoms with Crippen LogP contribution in [0.15, 0.2) is 54.6 Å². The van der Waals surface area contributed by atoms with E-state index in [1.807, 2.05) is 54.6 Å². The molecule has 0 unspecified atom stereocenters. The Hall–Kier alpha value is -2.11. The van der Waals surface area contributed by atoms with Gasteiger partial charge in [-0.25, -0.2) is 0 Å². The Morgan fingerprint density at radius 2 is 1.64 bits per heavy atom. The van der Waals surface area contributed by atoms with E-state index in [1.165, 1.54) is 0 Å². The number of ketones is 1. The molecule has 25 heavy (non-hydrogen) atoms. The van der Waals surface area contributed by atoms with Gasteiger partial charge in [0.15, 0.2) is 5.78 Å². The van der Waals surface area contributed by atoms with Crippen molar-refractivity contribution in [1.29, 1.82) is 0 Å². The first-order valence-electron chi connectivity index (χ1n) is 8.34. The van der Waals surface area contributed by atoms with E-state index in [-0.39, 0.29) is 11.7 Å². The number of nitrogens with one attached hydrogen (secondary N) is 1. The molecule has 0 fully saturated rings. The van der Waals surface area contributed by atoms with Gasteiger partial charge in [-0.1, -0.05) is 54.6 Å². The highest BCUT2D eigenvalue weighted by atomic mass is 32.1. The van der Waals surface area contributed by atoms with E-state index >= 15 is 0 Å². The van der Waals surface area contributed by atoms with Crippen molar-refractivity contribution < 1.29 is 14.3 Å². The van der Waals surface area contributed by atoms with Crippen LogP contribution in [-0.2, 0) is 16.1 Å². The lowest BCUT2D eigenvalue weighted by molar-refractivity contribution is -0.121. The van der Waals surface area contributed by atoms with Crippen molar-refractivity contribution in [3.05, 3.63) is 71.3 Å². The molecular weight excluding hydrogens is 334 g/mol. The largest absolute Gasteiger partial charge is 0.375 e. The van der Waals surface area contributed by atoms with E-state index in [4.69, 9.17) is 4.74 Å². The van der Waals surface area contributed by atoms with Gasteiger partial charge in [0.1, 0.15) is 0 Å². The molecule has 0 heterocycles. The van der Waals surface area contributed by atoms with Crippen LogP contribution in [0.5, 0.6) is 0 Å². The first kappa shape index (κ1) is 19.2. The average molecular weight is 357 g/mol. The standard InChI is InChI=1S/C20H23NO3S/c22-19(7-4-14-25)21-12-13-24-15-16-8-10-18(11-9-16)20(23)17-5-2-1-3-6-17/h1-3,5-6,8-11,25H,4,7,12-15H2,(H,21,22). The van der Waals surface area contributed by atoms with Crippen LogP contribution in [0.2, 0.25) is 0 Å². The highest BCUT2D eigenvalue weighted by Gasteiger charge is 2.08. The van der Waals surface area contributed by atoms with Gasteiger partial charge in [0.2, 0.25) is 5.91 Å². The summed E-state index contributed by atoms with van der Waals surface area (Å²) in [7, 11) is 0. The molecule has 0 bridgehead atoms. The summed E-state index contributed by atoms with van der Waals surface area (Å²) in [5, 5.41) is 2.80. The van der Waals surface area contributed by atoms with E-state index in [0.717, 1.165) is 12.0 Å². The third-order valence-corrected chi connectivity index (χ3v) is 3.97. The minimum absolute atomic E-state index is 0.0111. The maximum Gasteiger partial charge on any atom is 0.220 e. The molecule has 2 aromatic carbocycles. The maximum absolute atomic E-state index is 12.3. The quantitative estimate of drug-likeness (QED) is 0.390. The minimum Gasteiger partial charge on any atom is -0.375 e. The summed E-state index contributed by atoms with van der Waals surface area (Å²) in [4.78, 5) is 23.7. The molecule has 0 aliphatic rings. The van der Waals surface area contributed by atoms with E-state index in [9.17, 15) is 9.59 Å². The highest BCUT2D eigenvalue weighted by Crippen LogP contribution is 2.11.